The number of likely N-dealkylation sites (tertiary alicyclic amines) is 1. The molecule has 20 heavy (non-hydrogen) atoms. The Morgan fingerprint density at radius 3 is 2.55 bits per heavy atom. The lowest BCUT2D eigenvalue weighted by molar-refractivity contribution is -0.153. The Hall–Kier alpha value is -1.10. The van der Waals surface area contributed by atoms with Gasteiger partial charge in [-0.3, -0.25) is 4.79 Å². The third-order valence-corrected chi connectivity index (χ3v) is 4.63. The summed E-state index contributed by atoms with van der Waals surface area (Å²) in [5, 5.41) is 0. The van der Waals surface area contributed by atoms with Gasteiger partial charge in [0.25, 0.3) is 0 Å². The summed E-state index contributed by atoms with van der Waals surface area (Å²) >= 11 is 0. The van der Waals surface area contributed by atoms with E-state index in [1.807, 2.05) is 6.92 Å². The zero-order chi connectivity index (χ0) is 14.7. The fourth-order valence-corrected chi connectivity index (χ4v) is 3.33. The van der Waals surface area contributed by atoms with E-state index < -0.39 is 6.04 Å². The Morgan fingerprint density at radius 1 is 1.30 bits per heavy atom. The molecule has 0 unspecified atom stereocenters. The lowest BCUT2D eigenvalue weighted by Gasteiger charge is -2.31. The molecule has 0 aliphatic carbocycles. The molecule has 5 nitrogen and oxygen atoms in total. The van der Waals surface area contributed by atoms with Crippen molar-refractivity contribution in [2.24, 2.45) is 17.8 Å². The fourth-order valence-electron chi connectivity index (χ4n) is 3.33. The van der Waals surface area contributed by atoms with Crippen molar-refractivity contribution in [3.05, 3.63) is 0 Å². The highest BCUT2D eigenvalue weighted by Gasteiger charge is 2.41. The molecular weight excluding hydrogens is 258 g/mol. The van der Waals surface area contributed by atoms with Crippen LogP contribution in [0.4, 0.5) is 0 Å². The average Bonchev–Trinajstić information content (AvgIpc) is 2.87. The molecule has 5 heteroatoms. The van der Waals surface area contributed by atoms with Gasteiger partial charge in [0.15, 0.2) is 0 Å². The van der Waals surface area contributed by atoms with Gasteiger partial charge < -0.3 is 14.4 Å². The lowest BCUT2D eigenvalue weighted by Crippen LogP contribution is -2.45. The highest BCUT2D eigenvalue weighted by Crippen LogP contribution is 2.30. The molecule has 2 rings (SSSR count). The van der Waals surface area contributed by atoms with E-state index in [9.17, 15) is 9.59 Å². The summed E-state index contributed by atoms with van der Waals surface area (Å²) in [5.41, 5.74) is 0. The number of hydrogen-bond donors (Lipinski definition) is 0. The molecule has 2 saturated heterocycles. The summed E-state index contributed by atoms with van der Waals surface area (Å²) in [6.45, 7) is 6.18. The maximum absolute atomic E-state index is 12.7. The van der Waals surface area contributed by atoms with Crippen molar-refractivity contribution < 1.29 is 19.1 Å². The molecule has 2 fully saturated rings. The van der Waals surface area contributed by atoms with Gasteiger partial charge in [0, 0.05) is 25.7 Å². The number of methoxy groups -OCH3 is 1. The molecule has 0 radical (unpaired) electrons. The molecule has 2 aliphatic rings. The molecular formula is C15H25NO4. The van der Waals surface area contributed by atoms with Gasteiger partial charge in [0.1, 0.15) is 6.04 Å². The number of esters is 1. The molecule has 0 aromatic rings. The maximum Gasteiger partial charge on any atom is 0.328 e. The number of amides is 1. The van der Waals surface area contributed by atoms with Crippen LogP contribution < -0.4 is 0 Å². The van der Waals surface area contributed by atoms with Crippen LogP contribution in [0, 0.1) is 17.8 Å². The van der Waals surface area contributed by atoms with Crippen LogP contribution >= 0.6 is 0 Å². The van der Waals surface area contributed by atoms with E-state index in [1.165, 1.54) is 7.11 Å². The summed E-state index contributed by atoms with van der Waals surface area (Å²) in [7, 11) is 1.38. The summed E-state index contributed by atoms with van der Waals surface area (Å²) < 4.78 is 10.2. The largest absolute Gasteiger partial charge is 0.467 e. The highest BCUT2D eigenvalue weighted by molar-refractivity contribution is 5.86. The van der Waals surface area contributed by atoms with Crippen molar-refractivity contribution in [1.82, 2.24) is 4.90 Å². The van der Waals surface area contributed by atoms with Gasteiger partial charge in [-0.25, -0.2) is 4.79 Å². The zero-order valence-corrected chi connectivity index (χ0v) is 12.6. The van der Waals surface area contributed by atoms with Crippen molar-refractivity contribution in [2.45, 2.75) is 39.2 Å². The predicted molar refractivity (Wildman–Crippen MR) is 74.0 cm³/mol. The molecule has 3 atom stereocenters. The average molecular weight is 283 g/mol. The topological polar surface area (TPSA) is 55.8 Å². The van der Waals surface area contributed by atoms with Crippen LogP contribution in [0.2, 0.25) is 0 Å². The highest BCUT2D eigenvalue weighted by atomic mass is 16.5. The number of hydrogen-bond acceptors (Lipinski definition) is 4. The number of nitrogens with zero attached hydrogens (tertiary/aromatic N) is 1. The second-order valence-electron chi connectivity index (χ2n) is 6.11. The normalized spacial score (nSPS) is 29.2. The van der Waals surface area contributed by atoms with Gasteiger partial charge in [0.05, 0.1) is 7.11 Å². The Balaban J connectivity index is 2.04. The summed E-state index contributed by atoms with van der Waals surface area (Å²) in [6, 6.07) is -0.398. The first-order valence-electron chi connectivity index (χ1n) is 7.50. The van der Waals surface area contributed by atoms with E-state index in [4.69, 9.17) is 9.47 Å². The Labute approximate surface area is 120 Å². The second kappa shape index (κ2) is 6.57. The third-order valence-electron chi connectivity index (χ3n) is 4.63. The van der Waals surface area contributed by atoms with Crippen molar-refractivity contribution >= 4 is 11.9 Å². The molecule has 2 heterocycles. The quantitative estimate of drug-likeness (QED) is 0.736. The number of carbonyl (C=O) groups is 2. The zero-order valence-electron chi connectivity index (χ0n) is 12.6. The summed E-state index contributed by atoms with van der Waals surface area (Å²) in [4.78, 5) is 26.3. The maximum atomic E-state index is 12.7. The van der Waals surface area contributed by atoms with E-state index in [0.29, 0.717) is 24.8 Å². The van der Waals surface area contributed by atoms with E-state index >= 15 is 0 Å². The minimum absolute atomic E-state index is 0.0450. The lowest BCUT2D eigenvalue weighted by atomic mass is 9.86. The van der Waals surface area contributed by atoms with E-state index in [1.54, 1.807) is 4.90 Å². The first-order chi connectivity index (χ1) is 9.54. The van der Waals surface area contributed by atoms with Crippen LogP contribution in [0.15, 0.2) is 0 Å². The molecule has 114 valence electrons. The van der Waals surface area contributed by atoms with Crippen LogP contribution in [0.25, 0.3) is 0 Å². The van der Waals surface area contributed by atoms with Crippen molar-refractivity contribution in [3.63, 3.8) is 0 Å². The molecule has 0 bridgehead atoms. The van der Waals surface area contributed by atoms with Gasteiger partial charge in [0.2, 0.25) is 5.91 Å². The van der Waals surface area contributed by atoms with Crippen LogP contribution in [-0.2, 0) is 19.1 Å². The summed E-state index contributed by atoms with van der Waals surface area (Å²) in [5.74, 6) is 0.477. The van der Waals surface area contributed by atoms with Crippen LogP contribution in [0.3, 0.4) is 0 Å². The Morgan fingerprint density at radius 2 is 1.95 bits per heavy atom. The smallest absolute Gasteiger partial charge is 0.328 e. The molecule has 0 aromatic heterocycles. The number of ether oxygens (including phenoxy) is 2. The summed E-state index contributed by atoms with van der Waals surface area (Å²) in [6.07, 6.45) is 2.57. The van der Waals surface area contributed by atoms with E-state index in [0.717, 1.165) is 26.1 Å². The molecule has 2 aliphatic heterocycles. The first kappa shape index (κ1) is 15.3. The molecule has 0 aromatic carbocycles. The van der Waals surface area contributed by atoms with Gasteiger partial charge >= 0.3 is 5.97 Å². The van der Waals surface area contributed by atoms with Gasteiger partial charge in [-0.1, -0.05) is 13.8 Å². The van der Waals surface area contributed by atoms with Crippen LogP contribution in [0.1, 0.15) is 33.1 Å². The number of rotatable bonds is 3. The standard InChI is InChI=1S/C15H25NO4/c1-10-8-13(15(18)19-3)16(9-10)14(17)11(2)12-4-6-20-7-5-12/h10-13H,4-9H2,1-3H3/t10-,11-,13-/m0/s1. The van der Waals surface area contributed by atoms with E-state index in [2.05, 4.69) is 6.92 Å². The minimum atomic E-state index is -0.398. The molecule has 1 amide bonds. The van der Waals surface area contributed by atoms with Gasteiger partial charge in [-0.15, -0.1) is 0 Å². The van der Waals surface area contributed by atoms with Crippen LogP contribution in [0.5, 0.6) is 0 Å². The fraction of sp³-hybridized carbons (Fsp3) is 0.867. The molecule has 0 spiro atoms. The van der Waals surface area contributed by atoms with E-state index in [-0.39, 0.29) is 17.8 Å². The third kappa shape index (κ3) is 3.14. The second-order valence-corrected chi connectivity index (χ2v) is 6.11. The minimum Gasteiger partial charge on any atom is -0.467 e. The van der Waals surface area contributed by atoms with Crippen molar-refractivity contribution in [2.75, 3.05) is 26.9 Å². The van der Waals surface area contributed by atoms with Gasteiger partial charge in [-0.2, -0.15) is 0 Å². The first-order valence-corrected chi connectivity index (χ1v) is 7.50. The monoisotopic (exact) mass is 283 g/mol. The van der Waals surface area contributed by atoms with Crippen molar-refractivity contribution in [3.8, 4) is 0 Å². The molecule has 0 saturated carbocycles. The Bertz CT molecular complexity index is 365. The molecule has 0 N–H and O–H groups in total. The SMILES string of the molecule is COC(=O)[C@@H]1C[C@H](C)CN1C(=O)[C@@H](C)C1CCOCC1. The van der Waals surface area contributed by atoms with Crippen molar-refractivity contribution in [1.29, 1.82) is 0 Å². The number of carbonyl (C=O) groups excluding carboxylic acids is 2. The van der Waals surface area contributed by atoms with Crippen LogP contribution in [-0.4, -0.2) is 49.7 Å². The Kier molecular flexibility index (Phi) is 5.02. The predicted octanol–water partition coefficient (Wildman–Crippen LogP) is 1.46. The van der Waals surface area contributed by atoms with Gasteiger partial charge in [-0.05, 0) is 31.1 Å².